The Labute approximate surface area is 195 Å². The molecule has 1 atom stereocenters. The number of nitrogens with zero attached hydrogens (tertiary/aromatic N) is 2. The number of rotatable bonds is 9. The first-order chi connectivity index (χ1) is 16.0. The van der Waals surface area contributed by atoms with Gasteiger partial charge in [0.15, 0.2) is 5.78 Å². The molecule has 2 aromatic rings. The predicted molar refractivity (Wildman–Crippen MR) is 130 cm³/mol. The molecule has 2 heterocycles. The highest BCUT2D eigenvalue weighted by atomic mass is 16.5. The largest absolute Gasteiger partial charge is 0.494 e. The van der Waals surface area contributed by atoms with Gasteiger partial charge in [-0.15, -0.1) is 0 Å². The van der Waals surface area contributed by atoms with Crippen LogP contribution < -0.4 is 15.0 Å². The van der Waals surface area contributed by atoms with Crippen molar-refractivity contribution in [2.24, 2.45) is 5.41 Å². The highest BCUT2D eigenvalue weighted by Crippen LogP contribution is 2.41. The number of carbonyl (C=O) groups is 2. The van der Waals surface area contributed by atoms with Gasteiger partial charge in [0.25, 0.3) is 0 Å². The summed E-state index contributed by atoms with van der Waals surface area (Å²) in [5.74, 6) is 0.824. The number of carboxylic acid groups (broad SMARTS) is 1. The van der Waals surface area contributed by atoms with Crippen molar-refractivity contribution in [1.29, 1.82) is 0 Å². The summed E-state index contributed by atoms with van der Waals surface area (Å²) in [5.41, 5.74) is 2.78. The third kappa shape index (κ3) is 5.59. The molecular formula is C26H33N3O4. The highest BCUT2D eigenvalue weighted by molar-refractivity contribution is 5.99. The van der Waals surface area contributed by atoms with Gasteiger partial charge in [-0.3, -0.25) is 4.79 Å². The van der Waals surface area contributed by atoms with Crippen LogP contribution in [0.4, 0.5) is 16.2 Å². The van der Waals surface area contributed by atoms with Crippen LogP contribution >= 0.6 is 0 Å². The van der Waals surface area contributed by atoms with E-state index in [2.05, 4.69) is 29.3 Å². The van der Waals surface area contributed by atoms with Crippen LogP contribution in [0.3, 0.4) is 0 Å². The molecule has 1 unspecified atom stereocenters. The molecule has 2 aliphatic rings. The molecule has 4 rings (SSSR count). The number of likely N-dealkylation sites (tertiary alicyclic amines) is 1. The number of carbonyl (C=O) groups excluding carboxylic acids is 1. The number of ether oxygens (including phenoxy) is 1. The summed E-state index contributed by atoms with van der Waals surface area (Å²) in [6.07, 6.45) is 3.25. The zero-order chi connectivity index (χ0) is 23.3. The molecular weight excluding hydrogens is 418 g/mol. The van der Waals surface area contributed by atoms with Crippen LogP contribution in [0.15, 0.2) is 48.5 Å². The van der Waals surface area contributed by atoms with Gasteiger partial charge in [0.1, 0.15) is 5.75 Å². The number of anilines is 2. The molecule has 1 amide bonds. The van der Waals surface area contributed by atoms with Gasteiger partial charge in [-0.25, -0.2) is 4.79 Å². The number of hydrogen-bond acceptors (Lipinski definition) is 5. The number of benzene rings is 2. The molecule has 7 heteroatoms. The molecule has 2 saturated heterocycles. The molecule has 2 fully saturated rings. The molecule has 33 heavy (non-hydrogen) atoms. The van der Waals surface area contributed by atoms with E-state index in [4.69, 9.17) is 4.74 Å². The maximum atomic E-state index is 12.5. The average molecular weight is 452 g/mol. The Morgan fingerprint density at radius 1 is 1.03 bits per heavy atom. The lowest BCUT2D eigenvalue weighted by molar-refractivity contribution is 0.101. The smallest absolute Gasteiger partial charge is 0.407 e. The van der Waals surface area contributed by atoms with Crippen molar-refractivity contribution in [3.05, 3.63) is 54.1 Å². The molecule has 0 aromatic heterocycles. The third-order valence-electron chi connectivity index (χ3n) is 6.78. The minimum absolute atomic E-state index is 0.0323. The lowest BCUT2D eigenvalue weighted by Crippen LogP contribution is -2.33. The van der Waals surface area contributed by atoms with Crippen LogP contribution in [-0.4, -0.2) is 61.2 Å². The van der Waals surface area contributed by atoms with E-state index in [1.165, 1.54) is 0 Å². The summed E-state index contributed by atoms with van der Waals surface area (Å²) in [6.45, 7) is 6.14. The van der Waals surface area contributed by atoms with Gasteiger partial charge in [0.2, 0.25) is 0 Å². The zero-order valence-corrected chi connectivity index (χ0v) is 19.3. The van der Waals surface area contributed by atoms with Crippen LogP contribution in [0.2, 0.25) is 0 Å². The standard InChI is InChI=1S/C26H33N3O4/c1-2-3-16-33-23-10-4-20(5-11-23)24(30)17-27-21-6-8-22(9-7-21)28-14-12-26(18-28)13-15-29(19-26)25(31)32/h4-11,27H,2-3,12-19H2,1H3,(H,31,32). The van der Waals surface area contributed by atoms with Crippen LogP contribution in [0.1, 0.15) is 43.0 Å². The molecule has 0 bridgehead atoms. The SMILES string of the molecule is CCCCOc1ccc(C(=O)CNc2ccc(N3CCC4(CCN(C(=O)O)C4)C3)cc2)cc1. The van der Waals surface area contributed by atoms with Gasteiger partial charge in [0, 0.05) is 48.5 Å². The van der Waals surface area contributed by atoms with E-state index in [1.54, 1.807) is 4.90 Å². The van der Waals surface area contributed by atoms with Crippen molar-refractivity contribution in [3.63, 3.8) is 0 Å². The molecule has 2 aromatic carbocycles. The first kappa shape index (κ1) is 23.0. The third-order valence-corrected chi connectivity index (χ3v) is 6.78. The highest BCUT2D eigenvalue weighted by Gasteiger charge is 2.44. The number of Topliss-reactive ketones (excluding diaryl/α,β-unsaturated/α-hetero) is 1. The second kappa shape index (κ2) is 10.1. The Balaban J connectivity index is 1.26. The molecule has 1 spiro atoms. The van der Waals surface area contributed by atoms with Gasteiger partial charge >= 0.3 is 6.09 Å². The fraction of sp³-hybridized carbons (Fsp3) is 0.462. The molecule has 2 N–H and O–H groups in total. The maximum Gasteiger partial charge on any atom is 0.407 e. The Hall–Kier alpha value is -3.22. The van der Waals surface area contributed by atoms with E-state index in [-0.39, 0.29) is 17.7 Å². The molecule has 2 aliphatic heterocycles. The maximum absolute atomic E-state index is 12.5. The number of nitrogens with one attached hydrogen (secondary N) is 1. The summed E-state index contributed by atoms with van der Waals surface area (Å²) < 4.78 is 5.65. The fourth-order valence-electron chi connectivity index (χ4n) is 4.73. The van der Waals surface area contributed by atoms with E-state index >= 15 is 0 Å². The van der Waals surface area contributed by atoms with E-state index in [1.807, 2.05) is 36.4 Å². The Morgan fingerprint density at radius 3 is 2.42 bits per heavy atom. The second-order valence-electron chi connectivity index (χ2n) is 9.18. The first-order valence-electron chi connectivity index (χ1n) is 11.8. The topological polar surface area (TPSA) is 82.1 Å². The number of unbranched alkanes of at least 4 members (excludes halogenated alkanes) is 1. The molecule has 0 saturated carbocycles. The van der Waals surface area contributed by atoms with Gasteiger partial charge in [0.05, 0.1) is 13.2 Å². The Kier molecular flexibility index (Phi) is 7.06. The second-order valence-corrected chi connectivity index (χ2v) is 9.18. The summed E-state index contributed by atoms with van der Waals surface area (Å²) in [7, 11) is 0. The number of ketones is 1. The molecule has 7 nitrogen and oxygen atoms in total. The van der Waals surface area contributed by atoms with E-state index in [9.17, 15) is 14.7 Å². The van der Waals surface area contributed by atoms with Crippen LogP contribution in [0, 0.1) is 5.41 Å². The van der Waals surface area contributed by atoms with Gasteiger partial charge < -0.3 is 25.0 Å². The van der Waals surface area contributed by atoms with Crippen molar-refractivity contribution in [1.82, 2.24) is 4.90 Å². The number of amides is 1. The number of hydrogen-bond donors (Lipinski definition) is 2. The quantitative estimate of drug-likeness (QED) is 0.423. The summed E-state index contributed by atoms with van der Waals surface area (Å²) in [4.78, 5) is 27.7. The van der Waals surface area contributed by atoms with E-state index in [0.29, 0.717) is 25.3 Å². The molecule has 176 valence electrons. The first-order valence-corrected chi connectivity index (χ1v) is 11.8. The van der Waals surface area contributed by atoms with E-state index < -0.39 is 6.09 Å². The lowest BCUT2D eigenvalue weighted by atomic mass is 9.86. The van der Waals surface area contributed by atoms with Crippen LogP contribution in [0.25, 0.3) is 0 Å². The Bertz CT molecular complexity index is 961. The van der Waals surface area contributed by atoms with Crippen molar-refractivity contribution >= 4 is 23.3 Å². The van der Waals surface area contributed by atoms with Gasteiger partial charge in [-0.05, 0) is 67.8 Å². The van der Waals surface area contributed by atoms with Crippen molar-refractivity contribution < 1.29 is 19.4 Å². The minimum Gasteiger partial charge on any atom is -0.494 e. The fourth-order valence-corrected chi connectivity index (χ4v) is 4.73. The van der Waals surface area contributed by atoms with Gasteiger partial charge in [-0.2, -0.15) is 0 Å². The predicted octanol–water partition coefficient (Wildman–Crippen LogP) is 4.74. The summed E-state index contributed by atoms with van der Waals surface area (Å²) >= 11 is 0. The van der Waals surface area contributed by atoms with E-state index in [0.717, 1.165) is 55.9 Å². The zero-order valence-electron chi connectivity index (χ0n) is 19.3. The normalized spacial score (nSPS) is 19.8. The lowest BCUT2D eigenvalue weighted by Gasteiger charge is -2.25. The molecule has 0 aliphatic carbocycles. The Morgan fingerprint density at radius 2 is 1.76 bits per heavy atom. The summed E-state index contributed by atoms with van der Waals surface area (Å²) in [5, 5.41) is 12.5. The monoisotopic (exact) mass is 451 g/mol. The average Bonchev–Trinajstić information content (AvgIpc) is 3.45. The van der Waals surface area contributed by atoms with Crippen LogP contribution in [0.5, 0.6) is 5.75 Å². The van der Waals surface area contributed by atoms with Crippen molar-refractivity contribution in [2.75, 3.05) is 49.5 Å². The molecule has 0 radical (unpaired) electrons. The van der Waals surface area contributed by atoms with Gasteiger partial charge in [-0.1, -0.05) is 13.3 Å². The van der Waals surface area contributed by atoms with Crippen molar-refractivity contribution in [2.45, 2.75) is 32.6 Å². The van der Waals surface area contributed by atoms with Crippen molar-refractivity contribution in [3.8, 4) is 5.75 Å². The summed E-state index contributed by atoms with van der Waals surface area (Å²) in [6, 6.07) is 15.4. The van der Waals surface area contributed by atoms with Crippen LogP contribution in [-0.2, 0) is 0 Å². The minimum atomic E-state index is -0.813.